The molecule has 0 saturated carbocycles. The molecule has 0 aliphatic rings. The van der Waals surface area contributed by atoms with E-state index in [1.807, 2.05) is 0 Å². The van der Waals surface area contributed by atoms with Gasteiger partial charge in [-0.05, 0) is 0 Å². The molecule has 0 bridgehead atoms. The minimum atomic E-state index is -4.80. The zero-order chi connectivity index (χ0) is 28.7. The van der Waals surface area contributed by atoms with Crippen LogP contribution in [0.5, 0.6) is 11.5 Å². The SMILES string of the molecule is O=P(O)(O)CN(Cc1cccc(CO)c1O)C(CO)[C@@H](CO)N(Cc1cccc(CO)c1O)CP(=O)(O)O.[Fe+2]. The van der Waals surface area contributed by atoms with Gasteiger partial charge in [0.1, 0.15) is 24.1 Å². The van der Waals surface area contributed by atoms with E-state index in [0.717, 1.165) is 9.80 Å². The molecule has 2 atom stereocenters. The fourth-order valence-corrected chi connectivity index (χ4v) is 5.78. The van der Waals surface area contributed by atoms with Crippen molar-refractivity contribution in [2.24, 2.45) is 0 Å². The summed E-state index contributed by atoms with van der Waals surface area (Å²) in [6, 6.07) is 6.03. The van der Waals surface area contributed by atoms with Gasteiger partial charge in [-0.15, -0.1) is 0 Å². The summed E-state index contributed by atoms with van der Waals surface area (Å²) in [6.45, 7) is -3.44. The number of benzene rings is 2. The van der Waals surface area contributed by atoms with Crippen molar-refractivity contribution in [3.05, 3.63) is 58.7 Å². The van der Waals surface area contributed by atoms with Crippen LogP contribution in [0.4, 0.5) is 0 Å². The summed E-state index contributed by atoms with van der Waals surface area (Å²) in [5.41, 5.74) is 0.547. The number of nitrogens with zero attached hydrogens (tertiary/aromatic N) is 2. The first kappa shape index (κ1) is 35.6. The van der Waals surface area contributed by atoms with E-state index in [2.05, 4.69) is 0 Å². The zero-order valence-electron chi connectivity index (χ0n) is 20.7. The van der Waals surface area contributed by atoms with E-state index < -0.39 is 66.3 Å². The van der Waals surface area contributed by atoms with Crippen molar-refractivity contribution in [2.75, 3.05) is 25.8 Å². The van der Waals surface area contributed by atoms with Crippen LogP contribution in [0.3, 0.4) is 0 Å². The third-order valence-corrected chi connectivity index (χ3v) is 7.45. The van der Waals surface area contributed by atoms with E-state index in [0.29, 0.717) is 0 Å². The molecule has 0 aliphatic carbocycles. The van der Waals surface area contributed by atoms with Crippen molar-refractivity contribution in [3.8, 4) is 11.5 Å². The van der Waals surface area contributed by atoms with E-state index in [4.69, 9.17) is 0 Å². The Balaban J connectivity index is 0.00000760. The Kier molecular flexibility index (Phi) is 14.2. The average molecular weight is 636 g/mol. The molecule has 39 heavy (non-hydrogen) atoms. The maximum Gasteiger partial charge on any atom is 2.00 e. The van der Waals surface area contributed by atoms with Crippen LogP contribution >= 0.6 is 15.2 Å². The smallest absolute Gasteiger partial charge is 0.507 e. The van der Waals surface area contributed by atoms with E-state index in [-0.39, 0.29) is 63.9 Å². The van der Waals surface area contributed by atoms with Gasteiger partial charge in [0.05, 0.1) is 38.5 Å². The number of rotatable bonds is 15. The Morgan fingerprint density at radius 1 is 0.615 bits per heavy atom. The summed E-state index contributed by atoms with van der Waals surface area (Å²) in [7, 11) is -9.61. The number of aromatic hydroxyl groups is 2. The number of aliphatic hydroxyl groups excluding tert-OH is 4. The van der Waals surface area contributed by atoms with Gasteiger partial charge in [-0.3, -0.25) is 18.9 Å². The second-order valence-corrected chi connectivity index (χ2v) is 12.0. The molecule has 10 N–H and O–H groups in total. The van der Waals surface area contributed by atoms with Crippen molar-refractivity contribution in [1.29, 1.82) is 0 Å². The standard InChI is InChI=1S/C22H34N2O12P2.Fe/c25-9-17-5-1-3-15(21(17)29)7-23(13-37(31,32)33)19(11-27)20(12-28)24(14-38(34,35)36)8-16-4-2-6-18(10-26)22(16)30;/h1-6,19-20,25-30H,7-14H2,(H2,31,32,33)(H2,34,35,36);/q;+2/t19-,20?;/m1./s1. The minimum Gasteiger partial charge on any atom is -0.507 e. The van der Waals surface area contributed by atoms with Crippen LogP contribution in [0.1, 0.15) is 22.3 Å². The first-order valence-electron chi connectivity index (χ1n) is 11.3. The second-order valence-electron chi connectivity index (χ2n) is 8.77. The molecule has 2 rings (SSSR count). The number of hydrogen-bond donors (Lipinski definition) is 10. The van der Waals surface area contributed by atoms with Crippen LogP contribution in [0.25, 0.3) is 0 Å². The Hall–Kier alpha value is -1.38. The molecule has 0 aromatic heterocycles. The number of hydrogen-bond acceptors (Lipinski definition) is 10. The Bertz CT molecular complexity index is 1070. The Morgan fingerprint density at radius 3 is 1.18 bits per heavy atom. The maximum atomic E-state index is 12.0. The number of aliphatic hydroxyl groups is 4. The van der Waals surface area contributed by atoms with Gasteiger partial charge in [-0.2, -0.15) is 0 Å². The quantitative estimate of drug-likeness (QED) is 0.0866. The van der Waals surface area contributed by atoms with E-state index >= 15 is 0 Å². The molecular formula is C22H34FeN2O12P2+2. The molecule has 0 radical (unpaired) electrons. The summed E-state index contributed by atoms with van der Waals surface area (Å²) in [4.78, 5) is 41.0. The van der Waals surface area contributed by atoms with Crippen molar-refractivity contribution >= 4 is 15.2 Å². The van der Waals surface area contributed by atoms with Crippen LogP contribution < -0.4 is 0 Å². The third-order valence-electron chi connectivity index (χ3n) is 5.98. The molecule has 14 nitrogen and oxygen atoms in total. The largest absolute Gasteiger partial charge is 2.00 e. The summed E-state index contributed by atoms with van der Waals surface area (Å²) in [5, 5.41) is 60.4. The summed E-state index contributed by atoms with van der Waals surface area (Å²) in [5.74, 6) is -0.693. The molecule has 0 saturated heterocycles. The molecule has 1 unspecified atom stereocenters. The Labute approximate surface area is 235 Å². The van der Waals surface area contributed by atoms with Gasteiger partial charge in [0, 0.05) is 35.3 Å². The van der Waals surface area contributed by atoms with Gasteiger partial charge in [-0.25, -0.2) is 0 Å². The van der Waals surface area contributed by atoms with Crippen molar-refractivity contribution in [1.82, 2.24) is 9.80 Å². The van der Waals surface area contributed by atoms with Gasteiger partial charge >= 0.3 is 32.3 Å². The minimum absolute atomic E-state index is 0. The molecule has 0 spiro atoms. The van der Waals surface area contributed by atoms with Gasteiger partial charge in [-0.1, -0.05) is 36.4 Å². The zero-order valence-corrected chi connectivity index (χ0v) is 23.6. The second kappa shape index (κ2) is 15.6. The number of phenols is 2. The van der Waals surface area contributed by atoms with E-state index in [9.17, 15) is 59.3 Å². The molecular weight excluding hydrogens is 602 g/mol. The predicted octanol–water partition coefficient (Wildman–Crippen LogP) is -0.624. The molecule has 0 aliphatic heterocycles. The summed E-state index contributed by atoms with van der Waals surface area (Å²) < 4.78 is 24.0. The molecule has 2 aromatic rings. The summed E-state index contributed by atoms with van der Waals surface area (Å²) in [6.07, 6.45) is -1.90. The molecule has 0 heterocycles. The van der Waals surface area contributed by atoms with Crippen molar-refractivity contribution in [2.45, 2.75) is 38.4 Å². The molecule has 17 heteroatoms. The third kappa shape index (κ3) is 10.5. The van der Waals surface area contributed by atoms with E-state index in [1.165, 1.54) is 36.4 Å². The summed E-state index contributed by atoms with van der Waals surface area (Å²) >= 11 is 0. The van der Waals surface area contributed by atoms with Crippen LogP contribution in [-0.2, 0) is 52.5 Å². The normalized spacial score (nSPS) is 13.9. The van der Waals surface area contributed by atoms with Gasteiger partial charge in [0.25, 0.3) is 0 Å². The monoisotopic (exact) mass is 636 g/mol. The van der Waals surface area contributed by atoms with E-state index in [1.54, 1.807) is 0 Å². The first-order valence-corrected chi connectivity index (χ1v) is 14.9. The molecule has 220 valence electrons. The van der Waals surface area contributed by atoms with Gasteiger partial charge in [0.2, 0.25) is 0 Å². The van der Waals surface area contributed by atoms with Crippen LogP contribution in [0.15, 0.2) is 36.4 Å². The van der Waals surface area contributed by atoms with Crippen molar-refractivity contribution in [3.63, 3.8) is 0 Å². The number of para-hydroxylation sites is 2. The van der Waals surface area contributed by atoms with Gasteiger partial charge in [0.15, 0.2) is 0 Å². The fourth-order valence-electron chi connectivity index (χ4n) is 4.22. The predicted molar refractivity (Wildman–Crippen MR) is 135 cm³/mol. The fraction of sp³-hybridized carbons (Fsp3) is 0.455. The van der Waals surface area contributed by atoms with Crippen LogP contribution in [-0.4, -0.2) is 97.9 Å². The average Bonchev–Trinajstić information content (AvgIpc) is 2.82. The van der Waals surface area contributed by atoms with Gasteiger partial charge < -0.3 is 50.2 Å². The van der Waals surface area contributed by atoms with Crippen LogP contribution in [0.2, 0.25) is 0 Å². The Morgan fingerprint density at radius 2 is 0.923 bits per heavy atom. The molecule has 0 fully saturated rings. The molecule has 2 aromatic carbocycles. The topological polar surface area (TPSA) is 243 Å². The first-order chi connectivity index (χ1) is 17.7. The maximum absolute atomic E-state index is 12.0. The van der Waals surface area contributed by atoms with Crippen molar-refractivity contribution < 1.29 is 76.4 Å². The van der Waals surface area contributed by atoms with Crippen LogP contribution in [0, 0.1) is 0 Å². The molecule has 0 amide bonds.